The molecule has 0 unspecified atom stereocenters. The fourth-order valence-electron chi connectivity index (χ4n) is 1.23. The van der Waals surface area contributed by atoms with Gasteiger partial charge in [0.1, 0.15) is 11.5 Å². The van der Waals surface area contributed by atoms with E-state index in [0.717, 1.165) is 5.56 Å². The molecule has 2 nitrogen and oxygen atoms in total. The summed E-state index contributed by atoms with van der Waals surface area (Å²) < 4.78 is 15.0. The van der Waals surface area contributed by atoms with Crippen LogP contribution in [0.3, 0.4) is 0 Å². The first-order chi connectivity index (χ1) is 6.81. The second kappa shape index (κ2) is 3.80. The summed E-state index contributed by atoms with van der Waals surface area (Å²) in [7, 11) is 0. The smallest absolute Gasteiger partial charge is 0.149 e. The number of nitrogens with zero attached hydrogens (tertiary/aromatic N) is 2. The van der Waals surface area contributed by atoms with Crippen molar-refractivity contribution in [1.82, 2.24) is 9.78 Å². The number of aromatic nitrogens is 2. The summed E-state index contributed by atoms with van der Waals surface area (Å²) in [5.41, 5.74) is 1.20. The average molecular weight is 211 g/mol. The molecule has 2 aromatic rings. The van der Waals surface area contributed by atoms with Gasteiger partial charge in [-0.3, -0.25) is 0 Å². The number of benzene rings is 1. The average Bonchev–Trinajstić information content (AvgIpc) is 2.70. The third-order valence-corrected chi connectivity index (χ3v) is 2.23. The van der Waals surface area contributed by atoms with Gasteiger partial charge in [0.05, 0.1) is 0 Å². The lowest BCUT2D eigenvalue weighted by Gasteiger charge is -2.04. The van der Waals surface area contributed by atoms with Crippen molar-refractivity contribution in [3.05, 3.63) is 48.0 Å². The summed E-state index contributed by atoms with van der Waals surface area (Å²) in [5, 5.41) is 3.95. The zero-order valence-electron chi connectivity index (χ0n) is 7.32. The minimum Gasteiger partial charge on any atom is -0.238 e. The van der Waals surface area contributed by atoms with Gasteiger partial charge < -0.3 is 0 Å². The second-order valence-corrected chi connectivity index (χ2v) is 3.14. The van der Waals surface area contributed by atoms with Gasteiger partial charge in [0.15, 0.2) is 0 Å². The lowest BCUT2D eigenvalue weighted by molar-refractivity contribution is 0.609. The Morgan fingerprint density at radius 1 is 1.43 bits per heavy atom. The fraction of sp³-hybridized carbons (Fsp3) is 0.100. The molecule has 0 aliphatic heterocycles. The van der Waals surface area contributed by atoms with E-state index in [1.54, 1.807) is 30.6 Å². The van der Waals surface area contributed by atoms with Crippen LogP contribution in [0.4, 0.5) is 4.39 Å². The largest absolute Gasteiger partial charge is 0.238 e. The highest BCUT2D eigenvalue weighted by molar-refractivity contribution is 6.17. The number of rotatable bonds is 2. The molecule has 1 aromatic heterocycles. The Labute approximate surface area is 85.9 Å². The van der Waals surface area contributed by atoms with E-state index in [0.29, 0.717) is 11.6 Å². The maximum Gasteiger partial charge on any atom is 0.149 e. The van der Waals surface area contributed by atoms with Gasteiger partial charge in [0, 0.05) is 18.3 Å². The first-order valence-corrected chi connectivity index (χ1v) is 4.69. The van der Waals surface area contributed by atoms with Crippen molar-refractivity contribution in [2.75, 3.05) is 0 Å². The molecule has 0 spiro atoms. The van der Waals surface area contributed by atoms with Crippen LogP contribution in [0.15, 0.2) is 36.7 Å². The summed E-state index contributed by atoms with van der Waals surface area (Å²) >= 11 is 5.59. The van der Waals surface area contributed by atoms with Crippen molar-refractivity contribution >= 4 is 11.6 Å². The first-order valence-electron chi connectivity index (χ1n) is 4.15. The topological polar surface area (TPSA) is 17.8 Å². The zero-order chi connectivity index (χ0) is 9.97. The van der Waals surface area contributed by atoms with E-state index in [-0.39, 0.29) is 5.82 Å². The molecule has 0 radical (unpaired) electrons. The van der Waals surface area contributed by atoms with Crippen LogP contribution < -0.4 is 0 Å². The highest BCUT2D eigenvalue weighted by Crippen LogP contribution is 2.15. The fourth-order valence-corrected chi connectivity index (χ4v) is 1.40. The molecule has 0 N–H and O–H groups in total. The highest BCUT2D eigenvalue weighted by Gasteiger charge is 2.04. The van der Waals surface area contributed by atoms with Gasteiger partial charge in [-0.1, -0.05) is 6.07 Å². The molecule has 0 saturated carbocycles. The van der Waals surface area contributed by atoms with Crippen LogP contribution in [-0.4, -0.2) is 9.78 Å². The van der Waals surface area contributed by atoms with E-state index in [1.807, 2.05) is 0 Å². The van der Waals surface area contributed by atoms with Gasteiger partial charge in [-0.2, -0.15) is 5.10 Å². The van der Waals surface area contributed by atoms with Crippen LogP contribution in [0.1, 0.15) is 5.56 Å². The van der Waals surface area contributed by atoms with Crippen molar-refractivity contribution in [3.8, 4) is 5.69 Å². The van der Waals surface area contributed by atoms with Gasteiger partial charge in [-0.05, 0) is 23.8 Å². The van der Waals surface area contributed by atoms with Crippen molar-refractivity contribution in [3.63, 3.8) is 0 Å². The van der Waals surface area contributed by atoms with Crippen molar-refractivity contribution in [2.45, 2.75) is 5.88 Å². The second-order valence-electron chi connectivity index (χ2n) is 2.87. The van der Waals surface area contributed by atoms with Crippen LogP contribution in [0, 0.1) is 5.82 Å². The molecule has 1 aromatic carbocycles. The Morgan fingerprint density at radius 2 is 2.29 bits per heavy atom. The Hall–Kier alpha value is -1.35. The SMILES string of the molecule is Fc1cc(CCl)ccc1-n1cccn1. The molecule has 0 bridgehead atoms. The summed E-state index contributed by atoms with van der Waals surface area (Å²) in [4.78, 5) is 0. The highest BCUT2D eigenvalue weighted by atomic mass is 35.5. The van der Waals surface area contributed by atoms with Crippen LogP contribution in [0.5, 0.6) is 0 Å². The molecule has 72 valence electrons. The molecular weight excluding hydrogens is 203 g/mol. The number of hydrogen-bond donors (Lipinski definition) is 0. The van der Waals surface area contributed by atoms with Gasteiger partial charge in [0.25, 0.3) is 0 Å². The molecule has 0 aliphatic rings. The molecule has 0 amide bonds. The Kier molecular flexibility index (Phi) is 2.50. The minimum absolute atomic E-state index is 0.313. The molecule has 0 aliphatic carbocycles. The predicted octanol–water partition coefficient (Wildman–Crippen LogP) is 2.75. The number of alkyl halides is 1. The monoisotopic (exact) mass is 210 g/mol. The van der Waals surface area contributed by atoms with Crippen LogP contribution in [-0.2, 0) is 5.88 Å². The van der Waals surface area contributed by atoms with Gasteiger partial charge in [-0.15, -0.1) is 11.6 Å². The standard InChI is InChI=1S/C10H8ClFN2/c11-7-8-2-3-10(9(12)6-8)14-5-1-4-13-14/h1-6H,7H2. The minimum atomic E-state index is -0.313. The summed E-state index contributed by atoms with van der Waals surface area (Å²) in [6.07, 6.45) is 3.30. The Morgan fingerprint density at radius 3 is 2.86 bits per heavy atom. The van der Waals surface area contributed by atoms with Crippen molar-refractivity contribution < 1.29 is 4.39 Å². The lowest BCUT2D eigenvalue weighted by atomic mass is 10.2. The van der Waals surface area contributed by atoms with E-state index in [1.165, 1.54) is 10.7 Å². The van der Waals surface area contributed by atoms with Crippen LogP contribution >= 0.6 is 11.6 Å². The summed E-state index contributed by atoms with van der Waals surface area (Å²) in [6, 6.07) is 6.62. The molecule has 0 atom stereocenters. The quantitative estimate of drug-likeness (QED) is 0.697. The van der Waals surface area contributed by atoms with E-state index in [2.05, 4.69) is 5.10 Å². The van der Waals surface area contributed by atoms with E-state index in [9.17, 15) is 4.39 Å². The van der Waals surface area contributed by atoms with Crippen LogP contribution in [0.2, 0.25) is 0 Å². The number of hydrogen-bond acceptors (Lipinski definition) is 1. The third-order valence-electron chi connectivity index (χ3n) is 1.92. The molecule has 2 rings (SSSR count). The first kappa shape index (κ1) is 9.21. The molecule has 14 heavy (non-hydrogen) atoms. The van der Waals surface area contributed by atoms with Gasteiger partial charge in [0.2, 0.25) is 0 Å². The van der Waals surface area contributed by atoms with Crippen molar-refractivity contribution in [2.24, 2.45) is 0 Å². The van der Waals surface area contributed by atoms with E-state index in [4.69, 9.17) is 11.6 Å². The summed E-state index contributed by atoms with van der Waals surface area (Å²) in [5.74, 6) is 0.00268. The molecule has 4 heteroatoms. The summed E-state index contributed by atoms with van der Waals surface area (Å²) in [6.45, 7) is 0. The molecule has 1 heterocycles. The van der Waals surface area contributed by atoms with E-state index >= 15 is 0 Å². The molecule has 0 fully saturated rings. The molecular formula is C10H8ClFN2. The maximum atomic E-state index is 13.5. The molecule has 0 saturated heterocycles. The zero-order valence-corrected chi connectivity index (χ0v) is 8.08. The van der Waals surface area contributed by atoms with E-state index < -0.39 is 0 Å². The third kappa shape index (κ3) is 1.63. The number of halogens is 2. The van der Waals surface area contributed by atoms with Gasteiger partial charge >= 0.3 is 0 Å². The predicted molar refractivity (Wildman–Crippen MR) is 53.1 cm³/mol. The lowest BCUT2D eigenvalue weighted by Crippen LogP contribution is -1.98. The van der Waals surface area contributed by atoms with Crippen LogP contribution in [0.25, 0.3) is 5.69 Å². The van der Waals surface area contributed by atoms with Gasteiger partial charge in [-0.25, -0.2) is 9.07 Å². The Balaban J connectivity index is 2.46. The maximum absolute atomic E-state index is 13.5. The normalized spacial score (nSPS) is 10.4. The Bertz CT molecular complexity index is 426. The van der Waals surface area contributed by atoms with Crippen molar-refractivity contribution in [1.29, 1.82) is 0 Å².